The molecule has 3 aromatic heterocycles. The Morgan fingerprint density at radius 1 is 1.22 bits per heavy atom. The number of hydrogen-bond acceptors (Lipinski definition) is 8. The van der Waals surface area contributed by atoms with E-state index in [-0.39, 0.29) is 11.9 Å². The minimum atomic E-state index is -0.00602. The van der Waals surface area contributed by atoms with E-state index in [0.29, 0.717) is 12.3 Å². The number of carbonyl (C=O) groups excluding carboxylic acids is 1. The van der Waals surface area contributed by atoms with Crippen LogP contribution in [0, 0.1) is 13.8 Å². The van der Waals surface area contributed by atoms with Crippen molar-refractivity contribution >= 4 is 39.0 Å². The van der Waals surface area contributed by atoms with Crippen molar-refractivity contribution < 1.29 is 9.53 Å². The summed E-state index contributed by atoms with van der Waals surface area (Å²) in [5.74, 6) is 2.23. The molecular weight excluding hydrogens is 484 g/mol. The van der Waals surface area contributed by atoms with Gasteiger partial charge in [0.1, 0.15) is 28.5 Å². The molecule has 1 aliphatic rings. The van der Waals surface area contributed by atoms with Crippen molar-refractivity contribution in [2.24, 2.45) is 0 Å². The number of nitrogens with zero attached hydrogens (tertiary/aromatic N) is 5. The largest absolute Gasteiger partial charge is 0.455 e. The second kappa shape index (κ2) is 10.3. The monoisotopic (exact) mass is 514 g/mol. The Morgan fingerprint density at radius 2 is 2.05 bits per heavy atom. The molecule has 0 bridgehead atoms. The minimum Gasteiger partial charge on any atom is -0.455 e. The third kappa shape index (κ3) is 5.19. The molecular formula is C28H30N6O2S. The van der Waals surface area contributed by atoms with E-state index in [1.807, 2.05) is 74.2 Å². The molecule has 0 spiro atoms. The average Bonchev–Trinajstić information content (AvgIpc) is 3.39. The molecule has 0 saturated carbocycles. The van der Waals surface area contributed by atoms with Gasteiger partial charge in [0.05, 0.1) is 17.6 Å². The smallest absolute Gasteiger partial charge is 0.247 e. The number of carbonyl (C=O) groups is 1. The van der Waals surface area contributed by atoms with Gasteiger partial charge in [-0.25, -0.2) is 9.97 Å². The first-order chi connectivity index (χ1) is 17.8. The molecule has 0 aliphatic carbocycles. The van der Waals surface area contributed by atoms with Crippen LogP contribution in [-0.2, 0) is 11.3 Å². The summed E-state index contributed by atoms with van der Waals surface area (Å²) in [6, 6.07) is 9.78. The van der Waals surface area contributed by atoms with Crippen molar-refractivity contribution in [3.05, 3.63) is 76.7 Å². The normalized spacial score (nSPS) is 15.1. The van der Waals surface area contributed by atoms with Crippen molar-refractivity contribution in [2.75, 3.05) is 26.0 Å². The maximum atomic E-state index is 12.9. The van der Waals surface area contributed by atoms with E-state index in [1.54, 1.807) is 29.9 Å². The van der Waals surface area contributed by atoms with Gasteiger partial charge in [-0.2, -0.15) is 0 Å². The van der Waals surface area contributed by atoms with Crippen molar-refractivity contribution in [3.8, 4) is 11.5 Å². The number of pyridine rings is 1. The number of ether oxygens (including phenoxy) is 1. The van der Waals surface area contributed by atoms with Gasteiger partial charge < -0.3 is 19.9 Å². The Balaban J connectivity index is 1.38. The van der Waals surface area contributed by atoms with Gasteiger partial charge in [0.2, 0.25) is 5.91 Å². The van der Waals surface area contributed by atoms with Crippen molar-refractivity contribution in [2.45, 2.75) is 33.4 Å². The average molecular weight is 515 g/mol. The van der Waals surface area contributed by atoms with Crippen LogP contribution in [0.3, 0.4) is 0 Å². The minimum absolute atomic E-state index is 0.00602. The third-order valence-electron chi connectivity index (χ3n) is 6.36. The second-order valence-corrected chi connectivity index (χ2v) is 10.5. The number of amides is 1. The number of thiophene rings is 1. The number of aryl methyl sites for hydroxylation is 2. The number of aromatic nitrogens is 3. The van der Waals surface area contributed by atoms with Crippen LogP contribution < -0.4 is 10.1 Å². The van der Waals surface area contributed by atoms with E-state index >= 15 is 0 Å². The van der Waals surface area contributed by atoms with Crippen LogP contribution in [0.1, 0.15) is 34.7 Å². The molecule has 0 radical (unpaired) electrons. The number of rotatable bonds is 7. The van der Waals surface area contributed by atoms with Gasteiger partial charge in [0.15, 0.2) is 0 Å². The summed E-state index contributed by atoms with van der Waals surface area (Å²) in [4.78, 5) is 32.3. The lowest BCUT2D eigenvalue weighted by atomic mass is 10.1. The molecule has 8 nitrogen and oxygen atoms in total. The Bertz CT molecular complexity index is 1480. The van der Waals surface area contributed by atoms with Gasteiger partial charge in [-0.05, 0) is 70.8 Å². The lowest BCUT2D eigenvalue weighted by Crippen LogP contribution is -2.26. The number of fused-ring (bicyclic) bond motifs is 3. The van der Waals surface area contributed by atoms with E-state index in [2.05, 4.69) is 27.2 Å². The predicted molar refractivity (Wildman–Crippen MR) is 148 cm³/mol. The molecule has 0 fully saturated rings. The number of hydrogen-bond donors (Lipinski definition) is 1. The van der Waals surface area contributed by atoms with Crippen molar-refractivity contribution in [3.63, 3.8) is 0 Å². The molecule has 1 atom stereocenters. The Kier molecular flexibility index (Phi) is 6.90. The summed E-state index contributed by atoms with van der Waals surface area (Å²) in [6.45, 7) is 7.30. The summed E-state index contributed by atoms with van der Waals surface area (Å²) >= 11 is 1.63. The first kappa shape index (κ1) is 24.9. The number of nitrogens with one attached hydrogen (secondary N) is 1. The molecule has 37 heavy (non-hydrogen) atoms. The molecule has 0 saturated heterocycles. The highest BCUT2D eigenvalue weighted by molar-refractivity contribution is 7.19. The van der Waals surface area contributed by atoms with Crippen LogP contribution >= 0.6 is 11.3 Å². The number of anilines is 2. The first-order valence-corrected chi connectivity index (χ1v) is 13.0. The summed E-state index contributed by atoms with van der Waals surface area (Å²) in [5, 5.41) is 4.45. The van der Waals surface area contributed by atoms with Crippen LogP contribution in [0.5, 0.6) is 11.5 Å². The molecule has 0 unspecified atom stereocenters. The number of likely N-dealkylation sites (N-methyl/N-ethyl adjacent to an activating group) is 1. The summed E-state index contributed by atoms with van der Waals surface area (Å²) in [5.41, 5.74) is 3.95. The van der Waals surface area contributed by atoms with Crippen LogP contribution in [0.2, 0.25) is 0 Å². The van der Waals surface area contributed by atoms with Crippen molar-refractivity contribution in [1.29, 1.82) is 0 Å². The van der Waals surface area contributed by atoms with E-state index in [9.17, 15) is 4.79 Å². The quantitative estimate of drug-likeness (QED) is 0.314. The zero-order valence-electron chi connectivity index (χ0n) is 21.6. The van der Waals surface area contributed by atoms with Gasteiger partial charge in [-0.1, -0.05) is 6.08 Å². The zero-order chi connectivity index (χ0) is 26.1. The molecule has 5 rings (SSSR count). The molecule has 1 aliphatic heterocycles. The SMILES string of the molecule is Cc1ccc(Oc2ccc(Nc3ncnc4sc5c(c34)CN(C(=O)C=CCN(C)C)[C@@H]5C)cc2C)cn1. The lowest BCUT2D eigenvalue weighted by Gasteiger charge is -2.20. The third-order valence-corrected chi connectivity index (χ3v) is 7.67. The fourth-order valence-corrected chi connectivity index (χ4v) is 5.61. The van der Waals surface area contributed by atoms with Gasteiger partial charge >= 0.3 is 0 Å². The van der Waals surface area contributed by atoms with E-state index in [0.717, 1.165) is 50.8 Å². The Hall–Kier alpha value is -3.82. The van der Waals surface area contributed by atoms with E-state index in [1.165, 1.54) is 4.88 Å². The van der Waals surface area contributed by atoms with Gasteiger partial charge in [-0.15, -0.1) is 11.3 Å². The van der Waals surface area contributed by atoms with Crippen LogP contribution in [0.15, 0.2) is 55.0 Å². The molecule has 9 heteroatoms. The van der Waals surface area contributed by atoms with Crippen LogP contribution in [0.25, 0.3) is 10.2 Å². The number of benzene rings is 1. The molecule has 1 N–H and O–H groups in total. The fraction of sp³-hybridized carbons (Fsp3) is 0.286. The van der Waals surface area contributed by atoms with Crippen LogP contribution in [-0.4, -0.2) is 51.3 Å². The maximum absolute atomic E-state index is 12.9. The molecule has 4 aromatic rings. The van der Waals surface area contributed by atoms with Crippen LogP contribution in [0.4, 0.5) is 11.5 Å². The fourth-order valence-electron chi connectivity index (χ4n) is 4.39. The molecule has 4 heterocycles. The standard InChI is InChI=1S/C28H30N6O2S/c1-17-13-20(9-11-23(17)36-21-10-8-18(2)29-14-21)32-27-25-22-15-34(24(35)7-6-12-33(4)5)19(3)26(22)37-28(25)31-16-30-27/h6-11,13-14,16,19H,12,15H2,1-5H3,(H,30,31,32)/t19-/m1/s1. The summed E-state index contributed by atoms with van der Waals surface area (Å²) < 4.78 is 6.01. The predicted octanol–water partition coefficient (Wildman–Crippen LogP) is 5.76. The zero-order valence-corrected chi connectivity index (χ0v) is 22.5. The summed E-state index contributed by atoms with van der Waals surface area (Å²) in [7, 11) is 3.96. The molecule has 190 valence electrons. The first-order valence-electron chi connectivity index (χ1n) is 12.2. The van der Waals surface area contributed by atoms with Crippen molar-refractivity contribution in [1.82, 2.24) is 24.8 Å². The lowest BCUT2D eigenvalue weighted by molar-refractivity contribution is -0.127. The maximum Gasteiger partial charge on any atom is 0.247 e. The van der Waals surface area contributed by atoms with Gasteiger partial charge in [0, 0.05) is 41.0 Å². The summed E-state index contributed by atoms with van der Waals surface area (Å²) in [6.07, 6.45) is 6.89. The van der Waals surface area contributed by atoms with E-state index in [4.69, 9.17) is 4.74 Å². The second-order valence-electron chi connectivity index (χ2n) is 9.50. The highest BCUT2D eigenvalue weighted by Gasteiger charge is 2.34. The van der Waals surface area contributed by atoms with E-state index < -0.39 is 0 Å². The van der Waals surface area contributed by atoms with Gasteiger partial charge in [0.25, 0.3) is 0 Å². The molecule has 1 aromatic carbocycles. The highest BCUT2D eigenvalue weighted by Crippen LogP contribution is 2.45. The topological polar surface area (TPSA) is 83.5 Å². The van der Waals surface area contributed by atoms with Gasteiger partial charge in [-0.3, -0.25) is 9.78 Å². The Labute approximate surface area is 220 Å². The highest BCUT2D eigenvalue weighted by atomic mass is 32.1. The Morgan fingerprint density at radius 3 is 2.78 bits per heavy atom. The molecule has 1 amide bonds.